The molecular formula is C23H27N3O8. The first-order valence-corrected chi connectivity index (χ1v) is 10.9. The van der Waals surface area contributed by atoms with E-state index in [9.17, 15) is 39.6 Å². The third kappa shape index (κ3) is 3.03. The van der Waals surface area contributed by atoms with E-state index in [0.717, 1.165) is 0 Å². The quantitative estimate of drug-likeness (QED) is 0.299. The number of ketones is 2. The number of primary amides is 1. The number of rotatable bonds is 3. The van der Waals surface area contributed by atoms with Crippen LogP contribution in [0, 0.1) is 17.8 Å². The van der Waals surface area contributed by atoms with Crippen LogP contribution in [0.15, 0.2) is 11.6 Å². The van der Waals surface area contributed by atoms with Gasteiger partial charge in [0, 0.05) is 38.3 Å². The van der Waals surface area contributed by atoms with E-state index in [1.54, 1.807) is 19.0 Å². The summed E-state index contributed by atoms with van der Waals surface area (Å²) in [4.78, 5) is 52.4. The smallest absolute Gasteiger partial charge is 0.254 e. The first kappa shape index (κ1) is 23.7. The monoisotopic (exact) mass is 473 g/mol. The summed E-state index contributed by atoms with van der Waals surface area (Å²) in [7, 11) is 4.83. The van der Waals surface area contributed by atoms with E-state index in [-0.39, 0.29) is 36.0 Å². The number of fused-ring (bicyclic) bond motifs is 3. The highest BCUT2D eigenvalue weighted by atomic mass is 16.3. The molecule has 1 aromatic rings. The maximum absolute atomic E-state index is 13.5. The average Bonchev–Trinajstić information content (AvgIpc) is 2.75. The standard InChI is InChI=1S/C23H27N3O8/c1-25-22(33)11-7-12(26(2)3)10-5-8-4-9-6-13(27)16(21(24)32)20(31)23(9,34)19(30)14(8)18(29)15(10)17(11)28/h7-9,13,16,27-29,34H,4-6H2,1-3H3,(H2,24,32)(H,25,33)/t8-,9+,13?,16?,23+/m1/s1. The predicted octanol–water partition coefficient (Wildman–Crippen LogP) is -0.985. The van der Waals surface area contributed by atoms with Crippen molar-refractivity contribution in [3.05, 3.63) is 28.3 Å². The number of hydrogen-bond acceptors (Lipinski definition) is 9. The molecule has 0 bridgehead atoms. The number of amides is 2. The Kier molecular flexibility index (Phi) is 5.45. The van der Waals surface area contributed by atoms with E-state index < -0.39 is 64.3 Å². The van der Waals surface area contributed by atoms with Crippen molar-refractivity contribution in [3.63, 3.8) is 0 Å². The topological polar surface area (TPSA) is 190 Å². The second-order valence-corrected chi connectivity index (χ2v) is 9.36. The van der Waals surface area contributed by atoms with Crippen LogP contribution in [0.25, 0.3) is 5.76 Å². The van der Waals surface area contributed by atoms with Gasteiger partial charge in [-0.1, -0.05) is 0 Å². The zero-order valence-electron chi connectivity index (χ0n) is 19.0. The van der Waals surface area contributed by atoms with E-state index in [4.69, 9.17) is 5.73 Å². The van der Waals surface area contributed by atoms with Gasteiger partial charge in [0.2, 0.25) is 11.7 Å². The predicted molar refractivity (Wildman–Crippen MR) is 119 cm³/mol. The van der Waals surface area contributed by atoms with Gasteiger partial charge in [-0.3, -0.25) is 19.2 Å². The van der Waals surface area contributed by atoms with Gasteiger partial charge >= 0.3 is 0 Å². The number of Topliss-reactive ketones (excluding diaryl/α,β-unsaturated/α-hetero) is 2. The Morgan fingerprint density at radius 1 is 1.21 bits per heavy atom. The van der Waals surface area contributed by atoms with E-state index >= 15 is 0 Å². The third-order valence-electron chi connectivity index (χ3n) is 7.31. The van der Waals surface area contributed by atoms with Crippen LogP contribution in [-0.4, -0.2) is 76.7 Å². The van der Waals surface area contributed by atoms with Crippen molar-refractivity contribution >= 4 is 34.8 Å². The number of phenols is 1. The average molecular weight is 473 g/mol. The van der Waals surface area contributed by atoms with Gasteiger partial charge in [0.1, 0.15) is 17.4 Å². The van der Waals surface area contributed by atoms with Crippen molar-refractivity contribution in [1.29, 1.82) is 0 Å². The maximum Gasteiger partial charge on any atom is 0.254 e. The van der Waals surface area contributed by atoms with E-state index in [2.05, 4.69) is 5.32 Å². The van der Waals surface area contributed by atoms with Gasteiger partial charge in [-0.25, -0.2) is 0 Å². The minimum Gasteiger partial charge on any atom is -0.507 e. The maximum atomic E-state index is 13.5. The summed E-state index contributed by atoms with van der Waals surface area (Å²) in [6, 6.07) is 1.48. The number of aromatic hydroxyl groups is 1. The largest absolute Gasteiger partial charge is 0.507 e. The molecule has 5 atom stereocenters. The molecule has 0 aromatic heterocycles. The number of nitrogens with two attached hydrogens (primary N) is 1. The van der Waals surface area contributed by atoms with Crippen LogP contribution in [0.4, 0.5) is 5.69 Å². The van der Waals surface area contributed by atoms with E-state index in [0.29, 0.717) is 11.3 Å². The van der Waals surface area contributed by atoms with Gasteiger partial charge < -0.3 is 36.4 Å². The molecule has 2 unspecified atom stereocenters. The Hall–Kier alpha value is -3.44. The molecule has 3 aliphatic carbocycles. The molecule has 0 saturated heterocycles. The summed E-state index contributed by atoms with van der Waals surface area (Å²) in [6.07, 6.45) is -1.39. The zero-order valence-corrected chi connectivity index (χ0v) is 19.0. The fourth-order valence-electron chi connectivity index (χ4n) is 5.68. The molecule has 2 fully saturated rings. The molecule has 0 heterocycles. The Bertz CT molecular complexity index is 1170. The molecular weight excluding hydrogens is 446 g/mol. The molecule has 2 saturated carbocycles. The van der Waals surface area contributed by atoms with Gasteiger partial charge in [0.05, 0.1) is 17.2 Å². The lowest BCUT2D eigenvalue weighted by molar-refractivity contribution is -0.174. The second kappa shape index (κ2) is 7.81. The second-order valence-electron chi connectivity index (χ2n) is 9.36. The van der Waals surface area contributed by atoms with Crippen LogP contribution in [0.5, 0.6) is 5.75 Å². The summed E-state index contributed by atoms with van der Waals surface area (Å²) in [6.45, 7) is 0. The number of anilines is 1. The minimum atomic E-state index is -2.64. The number of carbonyl (C=O) groups excluding carboxylic acids is 4. The first-order valence-electron chi connectivity index (χ1n) is 10.9. The van der Waals surface area contributed by atoms with Crippen molar-refractivity contribution in [2.75, 3.05) is 26.0 Å². The Balaban J connectivity index is 1.94. The fraction of sp³-hybridized carbons (Fsp3) is 0.478. The number of phenolic OH excluding ortho intramolecular Hbond substituents is 1. The molecule has 11 heteroatoms. The molecule has 0 spiro atoms. The molecule has 0 radical (unpaired) electrons. The minimum absolute atomic E-state index is 0.0696. The summed E-state index contributed by atoms with van der Waals surface area (Å²) >= 11 is 0. The van der Waals surface area contributed by atoms with Gasteiger partial charge in [-0.15, -0.1) is 0 Å². The van der Waals surface area contributed by atoms with Gasteiger partial charge in [0.15, 0.2) is 11.4 Å². The number of nitrogens with zero attached hydrogens (tertiary/aromatic N) is 1. The lowest BCUT2D eigenvalue weighted by Crippen LogP contribution is -2.66. The zero-order chi connectivity index (χ0) is 25.3. The molecule has 1 aromatic carbocycles. The highest BCUT2D eigenvalue weighted by Gasteiger charge is 2.64. The van der Waals surface area contributed by atoms with E-state index in [1.807, 2.05) is 0 Å². The van der Waals surface area contributed by atoms with Crippen LogP contribution < -0.4 is 16.0 Å². The summed E-state index contributed by atoms with van der Waals surface area (Å²) < 4.78 is 0. The van der Waals surface area contributed by atoms with Gasteiger partial charge in [0.25, 0.3) is 5.91 Å². The first-order chi connectivity index (χ1) is 15.9. The van der Waals surface area contributed by atoms with Crippen molar-refractivity contribution in [3.8, 4) is 5.75 Å². The molecule has 11 nitrogen and oxygen atoms in total. The molecule has 7 N–H and O–H groups in total. The van der Waals surface area contributed by atoms with E-state index in [1.165, 1.54) is 13.1 Å². The Labute approximate surface area is 194 Å². The molecule has 0 aliphatic heterocycles. The van der Waals surface area contributed by atoms with Crippen LogP contribution in [0.1, 0.15) is 34.3 Å². The molecule has 34 heavy (non-hydrogen) atoms. The van der Waals surface area contributed by atoms with Crippen molar-refractivity contribution in [2.45, 2.75) is 31.0 Å². The molecule has 182 valence electrons. The van der Waals surface area contributed by atoms with Crippen LogP contribution in [0.3, 0.4) is 0 Å². The van der Waals surface area contributed by atoms with Crippen LogP contribution >= 0.6 is 0 Å². The SMILES string of the molecule is CNC(=O)c1cc(N(C)C)c2c(c1O)C(O)=C1C(=O)[C@]3(O)C(=O)C(C(N)=O)C(O)C[C@@H]3C[C@@H]1C2. The lowest BCUT2D eigenvalue weighted by atomic mass is 9.56. The van der Waals surface area contributed by atoms with Gasteiger partial charge in [-0.2, -0.15) is 0 Å². The third-order valence-corrected chi connectivity index (χ3v) is 7.31. The Morgan fingerprint density at radius 2 is 1.85 bits per heavy atom. The fourth-order valence-corrected chi connectivity index (χ4v) is 5.68. The summed E-state index contributed by atoms with van der Waals surface area (Å²) in [5.41, 5.74) is 3.13. The summed E-state index contributed by atoms with van der Waals surface area (Å²) in [5, 5.41) is 46.1. The number of aliphatic hydroxyl groups excluding tert-OH is 2. The van der Waals surface area contributed by atoms with Crippen molar-refractivity contribution < 1.29 is 39.6 Å². The molecule has 4 rings (SSSR count). The Morgan fingerprint density at radius 3 is 2.41 bits per heavy atom. The number of aliphatic hydroxyl groups is 3. The molecule has 2 amide bonds. The number of hydrogen-bond donors (Lipinski definition) is 6. The number of benzene rings is 1. The lowest BCUT2D eigenvalue weighted by Gasteiger charge is -2.48. The van der Waals surface area contributed by atoms with Crippen molar-refractivity contribution in [2.24, 2.45) is 23.5 Å². The van der Waals surface area contributed by atoms with Crippen molar-refractivity contribution in [1.82, 2.24) is 5.32 Å². The van der Waals surface area contributed by atoms with Gasteiger partial charge in [-0.05, 0) is 36.8 Å². The van der Waals surface area contributed by atoms with Crippen LogP contribution in [-0.2, 0) is 20.8 Å². The molecule has 3 aliphatic rings. The number of carbonyl (C=O) groups is 4. The normalized spacial score (nSPS) is 30.3. The highest BCUT2D eigenvalue weighted by Crippen LogP contribution is 2.53. The highest BCUT2D eigenvalue weighted by molar-refractivity contribution is 6.25. The summed E-state index contributed by atoms with van der Waals surface area (Å²) in [5.74, 6) is -8.59. The van der Waals surface area contributed by atoms with Crippen LogP contribution in [0.2, 0.25) is 0 Å². The number of nitrogens with one attached hydrogen (secondary N) is 1.